The van der Waals surface area contributed by atoms with Gasteiger partial charge in [-0.25, -0.2) is 0 Å². The summed E-state index contributed by atoms with van der Waals surface area (Å²) in [5.41, 5.74) is 3.07. The molecule has 2 aromatic rings. The molecule has 26 heavy (non-hydrogen) atoms. The van der Waals surface area contributed by atoms with Crippen molar-refractivity contribution in [2.45, 2.75) is 38.0 Å². The van der Waals surface area contributed by atoms with Crippen molar-refractivity contribution in [2.24, 2.45) is 0 Å². The fourth-order valence-corrected chi connectivity index (χ4v) is 3.82. The van der Waals surface area contributed by atoms with Crippen LogP contribution in [0.2, 0.25) is 5.02 Å². The zero-order valence-corrected chi connectivity index (χ0v) is 15.3. The second kappa shape index (κ2) is 7.64. The number of pyridine rings is 1. The lowest BCUT2D eigenvalue weighted by molar-refractivity contribution is -0.134. The summed E-state index contributed by atoms with van der Waals surface area (Å²) in [7, 11) is 0. The quantitative estimate of drug-likeness (QED) is 0.896. The molecule has 1 amide bonds. The molecule has 1 N–H and O–H groups in total. The van der Waals surface area contributed by atoms with Gasteiger partial charge in [0.05, 0.1) is 18.4 Å². The minimum absolute atomic E-state index is 0.167. The molecule has 0 spiro atoms. The molecule has 0 saturated carbocycles. The SMILES string of the molecule is O=C(C1Cc2cc(Cl)ccc2N1)N1CCC(OCc2ccccn2)CC1. The van der Waals surface area contributed by atoms with Crippen LogP contribution in [0.1, 0.15) is 24.1 Å². The lowest BCUT2D eigenvalue weighted by atomic mass is 10.0. The van der Waals surface area contributed by atoms with E-state index in [2.05, 4.69) is 10.3 Å². The molecule has 0 bridgehead atoms. The smallest absolute Gasteiger partial charge is 0.245 e. The van der Waals surface area contributed by atoms with Crippen molar-refractivity contribution in [2.75, 3.05) is 18.4 Å². The van der Waals surface area contributed by atoms with Crippen molar-refractivity contribution in [1.29, 1.82) is 0 Å². The van der Waals surface area contributed by atoms with Crippen molar-refractivity contribution < 1.29 is 9.53 Å². The van der Waals surface area contributed by atoms with E-state index in [-0.39, 0.29) is 18.1 Å². The number of ether oxygens (including phenoxy) is 1. The van der Waals surface area contributed by atoms with Crippen LogP contribution in [0.25, 0.3) is 0 Å². The molecular weight excluding hydrogens is 350 g/mol. The molecule has 2 aliphatic heterocycles. The molecule has 6 heteroatoms. The van der Waals surface area contributed by atoms with Crippen LogP contribution in [0.3, 0.4) is 0 Å². The van der Waals surface area contributed by atoms with E-state index in [9.17, 15) is 4.79 Å². The van der Waals surface area contributed by atoms with E-state index in [4.69, 9.17) is 16.3 Å². The summed E-state index contributed by atoms with van der Waals surface area (Å²) in [4.78, 5) is 19.0. The van der Waals surface area contributed by atoms with Crippen LogP contribution in [0, 0.1) is 0 Å². The average molecular weight is 372 g/mol. The number of nitrogens with zero attached hydrogens (tertiary/aromatic N) is 2. The third-order valence-electron chi connectivity index (χ3n) is 5.07. The predicted molar refractivity (Wildman–Crippen MR) is 101 cm³/mol. The molecule has 3 heterocycles. The number of halogens is 1. The average Bonchev–Trinajstić information content (AvgIpc) is 3.10. The van der Waals surface area contributed by atoms with Crippen LogP contribution in [-0.4, -0.2) is 41.0 Å². The highest BCUT2D eigenvalue weighted by Crippen LogP contribution is 2.29. The first-order valence-electron chi connectivity index (χ1n) is 9.04. The van der Waals surface area contributed by atoms with Gasteiger partial charge in [0.1, 0.15) is 6.04 Å². The van der Waals surface area contributed by atoms with Crippen molar-refractivity contribution in [3.63, 3.8) is 0 Å². The number of carbonyl (C=O) groups is 1. The molecule has 2 aliphatic rings. The highest BCUT2D eigenvalue weighted by molar-refractivity contribution is 6.30. The molecule has 1 saturated heterocycles. The second-order valence-corrected chi connectivity index (χ2v) is 7.30. The van der Waals surface area contributed by atoms with Crippen molar-refractivity contribution in [1.82, 2.24) is 9.88 Å². The number of hydrogen-bond donors (Lipinski definition) is 1. The molecule has 1 aromatic heterocycles. The van der Waals surface area contributed by atoms with Crippen LogP contribution in [0.5, 0.6) is 0 Å². The normalized spacial score (nSPS) is 19.9. The van der Waals surface area contributed by atoms with Gasteiger partial charge in [0.2, 0.25) is 5.91 Å². The van der Waals surface area contributed by atoms with E-state index < -0.39 is 0 Å². The van der Waals surface area contributed by atoms with Gasteiger partial charge in [-0.2, -0.15) is 0 Å². The summed E-state index contributed by atoms with van der Waals surface area (Å²) in [6.45, 7) is 2.00. The number of benzene rings is 1. The van der Waals surface area contributed by atoms with E-state index in [1.54, 1.807) is 6.20 Å². The fraction of sp³-hybridized carbons (Fsp3) is 0.400. The van der Waals surface area contributed by atoms with E-state index in [0.717, 1.165) is 42.9 Å². The first kappa shape index (κ1) is 17.3. The molecule has 1 aromatic carbocycles. The lowest BCUT2D eigenvalue weighted by Crippen LogP contribution is -2.47. The molecule has 1 unspecified atom stereocenters. The number of amides is 1. The Bertz CT molecular complexity index is 776. The molecule has 4 rings (SSSR count). The number of rotatable bonds is 4. The van der Waals surface area contributed by atoms with Gasteiger partial charge in [-0.05, 0) is 48.7 Å². The molecule has 1 fully saturated rings. The van der Waals surface area contributed by atoms with Gasteiger partial charge in [-0.3, -0.25) is 9.78 Å². The first-order chi connectivity index (χ1) is 12.7. The highest BCUT2D eigenvalue weighted by atomic mass is 35.5. The van der Waals surface area contributed by atoms with E-state index in [0.29, 0.717) is 18.1 Å². The fourth-order valence-electron chi connectivity index (χ4n) is 3.63. The summed E-state index contributed by atoms with van der Waals surface area (Å²) in [5.74, 6) is 0.167. The Balaban J connectivity index is 1.26. The maximum Gasteiger partial charge on any atom is 0.245 e. The first-order valence-corrected chi connectivity index (χ1v) is 9.42. The molecule has 0 aliphatic carbocycles. The number of fused-ring (bicyclic) bond motifs is 1. The summed E-state index contributed by atoms with van der Waals surface area (Å²) in [6, 6.07) is 11.4. The Morgan fingerprint density at radius 3 is 2.88 bits per heavy atom. The Labute approximate surface area is 158 Å². The topological polar surface area (TPSA) is 54.5 Å². The van der Waals surface area contributed by atoms with Gasteiger partial charge in [0.25, 0.3) is 0 Å². The van der Waals surface area contributed by atoms with Crippen molar-refractivity contribution >= 4 is 23.2 Å². The molecule has 136 valence electrons. The number of carbonyl (C=O) groups excluding carboxylic acids is 1. The van der Waals surface area contributed by atoms with Gasteiger partial charge >= 0.3 is 0 Å². The van der Waals surface area contributed by atoms with Gasteiger partial charge in [0.15, 0.2) is 0 Å². The summed E-state index contributed by atoms with van der Waals surface area (Å²) >= 11 is 6.05. The zero-order chi connectivity index (χ0) is 17.9. The largest absolute Gasteiger partial charge is 0.373 e. The zero-order valence-electron chi connectivity index (χ0n) is 14.5. The van der Waals surface area contributed by atoms with Crippen LogP contribution >= 0.6 is 11.6 Å². The molecular formula is C20H22ClN3O2. The predicted octanol–water partition coefficient (Wildman–Crippen LogP) is 3.28. The van der Waals surface area contributed by atoms with Crippen LogP contribution in [0.4, 0.5) is 5.69 Å². The van der Waals surface area contributed by atoms with E-state index in [1.807, 2.05) is 41.3 Å². The van der Waals surface area contributed by atoms with E-state index in [1.165, 1.54) is 0 Å². The Morgan fingerprint density at radius 2 is 2.12 bits per heavy atom. The minimum atomic E-state index is -0.186. The standard InChI is InChI=1S/C20H22ClN3O2/c21-15-4-5-18-14(11-15)12-19(23-18)20(25)24-9-6-17(7-10-24)26-13-16-3-1-2-8-22-16/h1-5,8,11,17,19,23H,6-7,9-10,12-13H2. The third-order valence-corrected chi connectivity index (χ3v) is 5.30. The van der Waals surface area contributed by atoms with Gasteiger partial charge in [0, 0.05) is 36.4 Å². The Kier molecular flexibility index (Phi) is 5.09. The molecule has 0 radical (unpaired) electrons. The van der Waals surface area contributed by atoms with Gasteiger partial charge in [-0.1, -0.05) is 17.7 Å². The minimum Gasteiger partial charge on any atom is -0.373 e. The number of anilines is 1. The maximum atomic E-state index is 12.8. The molecule has 1 atom stereocenters. The summed E-state index contributed by atoms with van der Waals surface area (Å²) in [6.07, 6.45) is 4.40. The second-order valence-electron chi connectivity index (χ2n) is 6.86. The van der Waals surface area contributed by atoms with Gasteiger partial charge in [-0.15, -0.1) is 0 Å². The number of hydrogen-bond acceptors (Lipinski definition) is 4. The molecule has 5 nitrogen and oxygen atoms in total. The summed E-state index contributed by atoms with van der Waals surface area (Å²) in [5, 5.41) is 4.04. The Morgan fingerprint density at radius 1 is 1.27 bits per heavy atom. The number of nitrogens with one attached hydrogen (secondary N) is 1. The van der Waals surface area contributed by atoms with Crippen molar-refractivity contribution in [3.8, 4) is 0 Å². The lowest BCUT2D eigenvalue weighted by Gasteiger charge is -2.33. The Hall–Kier alpha value is -2.11. The monoisotopic (exact) mass is 371 g/mol. The third kappa shape index (κ3) is 3.84. The number of aromatic nitrogens is 1. The number of likely N-dealkylation sites (tertiary alicyclic amines) is 1. The maximum absolute atomic E-state index is 12.8. The van der Waals surface area contributed by atoms with E-state index >= 15 is 0 Å². The van der Waals surface area contributed by atoms with Gasteiger partial charge < -0.3 is 15.0 Å². The highest BCUT2D eigenvalue weighted by Gasteiger charge is 2.32. The number of piperidine rings is 1. The summed E-state index contributed by atoms with van der Waals surface area (Å²) < 4.78 is 5.96. The van der Waals surface area contributed by atoms with Crippen molar-refractivity contribution in [3.05, 3.63) is 58.9 Å². The van der Waals surface area contributed by atoms with Crippen LogP contribution < -0.4 is 5.32 Å². The van der Waals surface area contributed by atoms with Crippen LogP contribution in [0.15, 0.2) is 42.6 Å². The van der Waals surface area contributed by atoms with Crippen LogP contribution in [-0.2, 0) is 22.6 Å².